The summed E-state index contributed by atoms with van der Waals surface area (Å²) in [5, 5.41) is 2.80. The summed E-state index contributed by atoms with van der Waals surface area (Å²) in [6.45, 7) is 0.117. The van der Waals surface area contributed by atoms with Gasteiger partial charge in [-0.3, -0.25) is 14.4 Å². The number of amides is 1. The largest absolute Gasteiger partial charge is 0.365 e. The molecule has 0 bridgehead atoms. The topological polar surface area (TPSA) is 66.5 Å². The molecule has 4 rings (SSSR count). The van der Waals surface area contributed by atoms with Crippen LogP contribution in [0.25, 0.3) is 0 Å². The second kappa shape index (κ2) is 7.12. The molecule has 5 nitrogen and oxygen atoms in total. The van der Waals surface area contributed by atoms with Gasteiger partial charge < -0.3 is 10.2 Å². The van der Waals surface area contributed by atoms with E-state index in [-0.39, 0.29) is 29.6 Å². The summed E-state index contributed by atoms with van der Waals surface area (Å²) in [5.41, 5.74) is 2.60. The third kappa shape index (κ3) is 3.07. The zero-order valence-electron chi connectivity index (χ0n) is 15.3. The molecule has 138 valence electrons. The van der Waals surface area contributed by atoms with E-state index in [1.54, 1.807) is 42.5 Å². The molecule has 0 fully saturated rings. The molecule has 0 atom stereocenters. The van der Waals surface area contributed by atoms with Crippen LogP contribution in [-0.2, 0) is 4.79 Å². The van der Waals surface area contributed by atoms with Gasteiger partial charge >= 0.3 is 0 Å². The maximum atomic E-state index is 13.0. The minimum atomic E-state index is -0.265. The number of carbonyl (C=O) groups is 3. The minimum absolute atomic E-state index is 0.117. The first kappa shape index (κ1) is 17.7. The molecule has 3 aromatic rings. The Hall–Kier alpha value is -3.73. The highest BCUT2D eigenvalue weighted by atomic mass is 16.2. The molecular formula is C23H18N2O3. The van der Waals surface area contributed by atoms with Crippen LogP contribution in [-0.4, -0.2) is 31.1 Å². The molecule has 3 aromatic carbocycles. The van der Waals surface area contributed by atoms with Crippen molar-refractivity contribution in [3.8, 4) is 0 Å². The van der Waals surface area contributed by atoms with Gasteiger partial charge in [0.1, 0.15) is 0 Å². The average Bonchev–Trinajstić information content (AvgIpc) is 2.72. The number of carbonyl (C=O) groups excluding carboxylic acids is 3. The van der Waals surface area contributed by atoms with Crippen LogP contribution in [0.2, 0.25) is 0 Å². The lowest BCUT2D eigenvalue weighted by Gasteiger charge is -2.22. The standard InChI is InChI=1S/C23H18N2O3/c1-25(15-8-3-2-4-9-15)14-20(26)24-19-13-7-12-18-21(19)23(28)17-11-6-5-10-16(17)22(18)27/h2-13H,14H2,1H3,(H,24,26). The maximum Gasteiger partial charge on any atom is 0.243 e. The van der Waals surface area contributed by atoms with Crippen molar-refractivity contribution in [2.45, 2.75) is 0 Å². The van der Waals surface area contributed by atoms with Gasteiger partial charge in [0.25, 0.3) is 0 Å². The first-order chi connectivity index (χ1) is 13.6. The van der Waals surface area contributed by atoms with E-state index < -0.39 is 0 Å². The monoisotopic (exact) mass is 370 g/mol. The molecule has 28 heavy (non-hydrogen) atoms. The normalized spacial score (nSPS) is 12.2. The number of ketones is 2. The quantitative estimate of drug-likeness (QED) is 0.597. The molecule has 1 amide bonds. The van der Waals surface area contributed by atoms with Crippen LogP contribution < -0.4 is 10.2 Å². The average molecular weight is 370 g/mol. The molecule has 1 aliphatic carbocycles. The van der Waals surface area contributed by atoms with Gasteiger partial charge in [0.05, 0.1) is 17.8 Å². The third-order valence-corrected chi connectivity index (χ3v) is 4.80. The fourth-order valence-electron chi connectivity index (χ4n) is 3.43. The van der Waals surface area contributed by atoms with Gasteiger partial charge in [-0.2, -0.15) is 0 Å². The fraction of sp³-hybridized carbons (Fsp3) is 0.0870. The lowest BCUT2D eigenvalue weighted by Crippen LogP contribution is -2.31. The Morgan fingerprint density at radius 1 is 0.786 bits per heavy atom. The van der Waals surface area contributed by atoms with Crippen molar-refractivity contribution in [1.82, 2.24) is 0 Å². The van der Waals surface area contributed by atoms with Crippen LogP contribution >= 0.6 is 0 Å². The van der Waals surface area contributed by atoms with Gasteiger partial charge in [-0.1, -0.05) is 54.6 Å². The molecule has 0 saturated carbocycles. The number of fused-ring (bicyclic) bond motifs is 2. The first-order valence-corrected chi connectivity index (χ1v) is 8.94. The van der Waals surface area contributed by atoms with Crippen molar-refractivity contribution < 1.29 is 14.4 Å². The Morgan fingerprint density at radius 2 is 1.39 bits per heavy atom. The van der Waals surface area contributed by atoms with Crippen LogP contribution in [0.1, 0.15) is 31.8 Å². The van der Waals surface area contributed by atoms with E-state index in [1.165, 1.54) is 0 Å². The second-order valence-corrected chi connectivity index (χ2v) is 6.67. The second-order valence-electron chi connectivity index (χ2n) is 6.67. The number of likely N-dealkylation sites (N-methyl/N-ethyl adjacent to an activating group) is 1. The molecule has 0 aliphatic heterocycles. The lowest BCUT2D eigenvalue weighted by atomic mass is 9.83. The number of anilines is 2. The summed E-state index contributed by atoms with van der Waals surface area (Å²) in [6.07, 6.45) is 0. The SMILES string of the molecule is CN(CC(=O)Nc1cccc2c1C(=O)c1ccccc1C2=O)c1ccccc1. The molecule has 0 unspecified atom stereocenters. The summed E-state index contributed by atoms with van der Waals surface area (Å²) in [6, 6.07) is 21.2. The van der Waals surface area contributed by atoms with Gasteiger partial charge in [0, 0.05) is 29.4 Å². The van der Waals surface area contributed by atoms with Gasteiger partial charge in [0.2, 0.25) is 5.91 Å². The zero-order valence-corrected chi connectivity index (χ0v) is 15.3. The smallest absolute Gasteiger partial charge is 0.243 e. The highest BCUT2D eigenvalue weighted by Gasteiger charge is 2.31. The van der Waals surface area contributed by atoms with Crippen molar-refractivity contribution in [2.24, 2.45) is 0 Å². The molecule has 0 aromatic heterocycles. The predicted octanol–water partition coefficient (Wildman–Crippen LogP) is 3.54. The number of hydrogen-bond acceptors (Lipinski definition) is 4. The summed E-state index contributed by atoms with van der Waals surface area (Å²) < 4.78 is 0. The van der Waals surface area contributed by atoms with Gasteiger partial charge in [-0.25, -0.2) is 0 Å². The molecule has 5 heteroatoms. The summed E-state index contributed by atoms with van der Waals surface area (Å²) in [5.74, 6) is -0.723. The molecule has 1 N–H and O–H groups in total. The molecule has 0 radical (unpaired) electrons. The Bertz CT molecular complexity index is 1090. The Kier molecular flexibility index (Phi) is 4.49. The van der Waals surface area contributed by atoms with Crippen molar-refractivity contribution in [3.63, 3.8) is 0 Å². The molecule has 0 saturated heterocycles. The maximum absolute atomic E-state index is 13.0. The van der Waals surface area contributed by atoms with Crippen LogP contribution in [0.5, 0.6) is 0 Å². The van der Waals surface area contributed by atoms with Crippen molar-refractivity contribution >= 4 is 28.8 Å². The van der Waals surface area contributed by atoms with Gasteiger partial charge in [-0.05, 0) is 18.2 Å². The Balaban J connectivity index is 1.61. The molecular weight excluding hydrogens is 352 g/mol. The number of rotatable bonds is 4. The summed E-state index contributed by atoms with van der Waals surface area (Å²) >= 11 is 0. The van der Waals surface area contributed by atoms with Crippen LogP contribution in [0.4, 0.5) is 11.4 Å². The number of benzene rings is 3. The first-order valence-electron chi connectivity index (χ1n) is 8.94. The van der Waals surface area contributed by atoms with Crippen molar-refractivity contribution in [3.05, 3.63) is 95.1 Å². The predicted molar refractivity (Wildman–Crippen MR) is 108 cm³/mol. The number of para-hydroxylation sites is 1. The van der Waals surface area contributed by atoms with E-state index in [9.17, 15) is 14.4 Å². The lowest BCUT2D eigenvalue weighted by molar-refractivity contribution is -0.114. The van der Waals surface area contributed by atoms with E-state index in [1.807, 2.05) is 42.3 Å². The van der Waals surface area contributed by atoms with Crippen molar-refractivity contribution in [1.29, 1.82) is 0 Å². The zero-order chi connectivity index (χ0) is 19.7. The highest BCUT2D eigenvalue weighted by Crippen LogP contribution is 2.31. The van der Waals surface area contributed by atoms with E-state index in [4.69, 9.17) is 0 Å². The van der Waals surface area contributed by atoms with Crippen LogP contribution in [0.15, 0.2) is 72.8 Å². The third-order valence-electron chi connectivity index (χ3n) is 4.80. The summed E-state index contributed by atoms with van der Waals surface area (Å²) in [4.78, 5) is 40.1. The molecule has 0 spiro atoms. The van der Waals surface area contributed by atoms with Gasteiger partial charge in [0.15, 0.2) is 11.6 Å². The van der Waals surface area contributed by atoms with Gasteiger partial charge in [-0.15, -0.1) is 0 Å². The number of nitrogens with one attached hydrogen (secondary N) is 1. The van der Waals surface area contributed by atoms with E-state index in [2.05, 4.69) is 5.32 Å². The minimum Gasteiger partial charge on any atom is -0.365 e. The van der Waals surface area contributed by atoms with Crippen LogP contribution in [0, 0.1) is 0 Å². The van der Waals surface area contributed by atoms with Crippen molar-refractivity contribution in [2.75, 3.05) is 23.8 Å². The fourth-order valence-corrected chi connectivity index (χ4v) is 3.43. The Labute approximate surface area is 162 Å². The van der Waals surface area contributed by atoms with E-state index in [0.29, 0.717) is 22.4 Å². The number of hydrogen-bond donors (Lipinski definition) is 1. The molecule has 1 aliphatic rings. The van der Waals surface area contributed by atoms with E-state index >= 15 is 0 Å². The Morgan fingerprint density at radius 3 is 2.11 bits per heavy atom. The highest BCUT2D eigenvalue weighted by molar-refractivity contribution is 6.30. The van der Waals surface area contributed by atoms with Crippen LogP contribution in [0.3, 0.4) is 0 Å². The summed E-state index contributed by atoms with van der Waals surface area (Å²) in [7, 11) is 1.82. The molecule has 0 heterocycles. The van der Waals surface area contributed by atoms with E-state index in [0.717, 1.165) is 5.69 Å². The number of nitrogens with zero attached hydrogens (tertiary/aromatic N) is 1.